The van der Waals surface area contributed by atoms with Gasteiger partial charge in [0.1, 0.15) is 0 Å². The van der Waals surface area contributed by atoms with Gasteiger partial charge in [-0.25, -0.2) is 0 Å². The molecule has 0 unspecified atom stereocenters. The zero-order valence-electron chi connectivity index (χ0n) is 9.21. The molecule has 1 aliphatic heterocycles. The molecule has 1 rings (SSSR count). The standard InChI is InChI=1S/C10H20N2O2S/c1-15-5-3-2-4-12-10(6-9(13)14)7-11-8-10/h11-12H,2-8H2,1H3,(H,13,14). The Kier molecular flexibility index (Phi) is 5.42. The molecule has 0 atom stereocenters. The summed E-state index contributed by atoms with van der Waals surface area (Å²) in [7, 11) is 0. The Balaban J connectivity index is 2.13. The molecule has 0 bridgehead atoms. The third-order valence-corrected chi connectivity index (χ3v) is 3.39. The zero-order chi connectivity index (χ0) is 11.1. The van der Waals surface area contributed by atoms with E-state index >= 15 is 0 Å². The fraction of sp³-hybridized carbons (Fsp3) is 0.900. The Bertz CT molecular complexity index is 208. The first kappa shape index (κ1) is 12.8. The number of hydrogen-bond acceptors (Lipinski definition) is 4. The van der Waals surface area contributed by atoms with Crippen LogP contribution in [0, 0.1) is 0 Å². The maximum Gasteiger partial charge on any atom is 0.305 e. The number of unbranched alkanes of at least 4 members (excludes halogenated alkanes) is 1. The fourth-order valence-electron chi connectivity index (χ4n) is 1.75. The van der Waals surface area contributed by atoms with Crippen LogP contribution >= 0.6 is 11.8 Å². The van der Waals surface area contributed by atoms with E-state index in [1.54, 1.807) is 0 Å². The lowest BCUT2D eigenvalue weighted by atomic mass is 9.88. The third kappa shape index (κ3) is 4.40. The number of carboxylic acids is 1. The van der Waals surface area contributed by atoms with E-state index in [2.05, 4.69) is 16.9 Å². The molecule has 0 amide bonds. The van der Waals surface area contributed by atoms with E-state index in [1.807, 2.05) is 11.8 Å². The molecule has 1 saturated heterocycles. The highest BCUT2D eigenvalue weighted by Gasteiger charge is 2.38. The highest BCUT2D eigenvalue weighted by Crippen LogP contribution is 2.16. The largest absolute Gasteiger partial charge is 0.481 e. The number of carboxylic acid groups (broad SMARTS) is 1. The predicted octanol–water partition coefficient (Wildman–Crippen LogP) is 0.536. The van der Waals surface area contributed by atoms with E-state index in [9.17, 15) is 4.79 Å². The molecule has 0 aliphatic carbocycles. The van der Waals surface area contributed by atoms with Gasteiger partial charge in [-0.05, 0) is 31.4 Å². The monoisotopic (exact) mass is 232 g/mol. The molecule has 5 heteroatoms. The summed E-state index contributed by atoms with van der Waals surface area (Å²) in [5.41, 5.74) is -0.175. The second kappa shape index (κ2) is 6.35. The summed E-state index contributed by atoms with van der Waals surface area (Å²) < 4.78 is 0. The van der Waals surface area contributed by atoms with Crippen LogP contribution in [-0.2, 0) is 4.79 Å². The van der Waals surface area contributed by atoms with Gasteiger partial charge in [0.15, 0.2) is 0 Å². The first-order valence-corrected chi connectivity index (χ1v) is 6.74. The molecule has 15 heavy (non-hydrogen) atoms. The van der Waals surface area contributed by atoms with Gasteiger partial charge in [-0.3, -0.25) is 4.79 Å². The van der Waals surface area contributed by atoms with Gasteiger partial charge in [0, 0.05) is 13.1 Å². The van der Waals surface area contributed by atoms with E-state index in [1.165, 1.54) is 12.2 Å². The number of thioether (sulfide) groups is 1. The number of carbonyl (C=O) groups is 1. The highest BCUT2D eigenvalue weighted by molar-refractivity contribution is 7.98. The second-order valence-corrected chi connectivity index (χ2v) is 5.07. The van der Waals surface area contributed by atoms with Crippen molar-refractivity contribution in [2.45, 2.75) is 24.8 Å². The molecule has 1 aliphatic rings. The van der Waals surface area contributed by atoms with Crippen molar-refractivity contribution in [1.82, 2.24) is 10.6 Å². The van der Waals surface area contributed by atoms with Crippen molar-refractivity contribution in [2.24, 2.45) is 0 Å². The lowest BCUT2D eigenvalue weighted by Crippen LogP contribution is -2.68. The molecular weight excluding hydrogens is 212 g/mol. The van der Waals surface area contributed by atoms with Crippen molar-refractivity contribution in [3.63, 3.8) is 0 Å². The molecule has 0 saturated carbocycles. The summed E-state index contributed by atoms with van der Waals surface area (Å²) in [5.74, 6) is 0.472. The number of nitrogens with one attached hydrogen (secondary N) is 2. The van der Waals surface area contributed by atoms with Crippen molar-refractivity contribution in [1.29, 1.82) is 0 Å². The molecular formula is C10H20N2O2S. The van der Waals surface area contributed by atoms with Crippen LogP contribution < -0.4 is 10.6 Å². The number of rotatable bonds is 8. The van der Waals surface area contributed by atoms with Gasteiger partial charge >= 0.3 is 5.97 Å². The van der Waals surface area contributed by atoms with Gasteiger partial charge < -0.3 is 15.7 Å². The smallest absolute Gasteiger partial charge is 0.305 e. The SMILES string of the molecule is CSCCCCNC1(CC(=O)O)CNC1. The van der Waals surface area contributed by atoms with Gasteiger partial charge in [-0.1, -0.05) is 0 Å². The lowest BCUT2D eigenvalue weighted by molar-refractivity contribution is -0.139. The maximum absolute atomic E-state index is 10.7. The van der Waals surface area contributed by atoms with Crippen molar-refractivity contribution >= 4 is 17.7 Å². The summed E-state index contributed by atoms with van der Waals surface area (Å²) in [6.45, 7) is 2.49. The van der Waals surface area contributed by atoms with Gasteiger partial charge in [0.25, 0.3) is 0 Å². The Morgan fingerprint density at radius 1 is 1.53 bits per heavy atom. The zero-order valence-corrected chi connectivity index (χ0v) is 10.0. The minimum Gasteiger partial charge on any atom is -0.481 e. The Morgan fingerprint density at radius 3 is 2.73 bits per heavy atom. The van der Waals surface area contributed by atoms with Gasteiger partial charge in [0.2, 0.25) is 0 Å². The number of aliphatic carboxylic acids is 1. The summed E-state index contributed by atoms with van der Waals surface area (Å²) >= 11 is 1.86. The quantitative estimate of drug-likeness (QED) is 0.533. The molecule has 0 radical (unpaired) electrons. The van der Waals surface area contributed by atoms with Crippen molar-refractivity contribution < 1.29 is 9.90 Å². The van der Waals surface area contributed by atoms with Crippen LogP contribution in [0.25, 0.3) is 0 Å². The summed E-state index contributed by atoms with van der Waals surface area (Å²) in [5, 5.41) is 15.3. The Hall–Kier alpha value is -0.260. The van der Waals surface area contributed by atoms with Crippen molar-refractivity contribution in [2.75, 3.05) is 31.6 Å². The first-order chi connectivity index (χ1) is 7.18. The van der Waals surface area contributed by atoms with E-state index in [0.717, 1.165) is 26.1 Å². The van der Waals surface area contributed by atoms with Crippen LogP contribution in [0.3, 0.4) is 0 Å². The van der Waals surface area contributed by atoms with E-state index in [4.69, 9.17) is 5.11 Å². The fourth-order valence-corrected chi connectivity index (χ4v) is 2.25. The van der Waals surface area contributed by atoms with Crippen LogP contribution in [0.5, 0.6) is 0 Å². The molecule has 88 valence electrons. The molecule has 0 spiro atoms. The molecule has 3 N–H and O–H groups in total. The summed E-state index contributed by atoms with van der Waals surface area (Å²) in [4.78, 5) is 10.7. The average molecular weight is 232 g/mol. The van der Waals surface area contributed by atoms with Crippen molar-refractivity contribution in [3.05, 3.63) is 0 Å². The minimum absolute atomic E-state index is 0.175. The summed E-state index contributed by atoms with van der Waals surface area (Å²) in [6, 6.07) is 0. The molecule has 4 nitrogen and oxygen atoms in total. The van der Waals surface area contributed by atoms with Gasteiger partial charge in [0.05, 0.1) is 12.0 Å². The first-order valence-electron chi connectivity index (χ1n) is 5.35. The van der Waals surface area contributed by atoms with Crippen LogP contribution in [0.4, 0.5) is 0 Å². The van der Waals surface area contributed by atoms with Crippen LogP contribution in [0.15, 0.2) is 0 Å². The average Bonchev–Trinajstić information content (AvgIpc) is 2.12. The molecule has 0 aromatic carbocycles. The van der Waals surface area contributed by atoms with E-state index in [-0.39, 0.29) is 12.0 Å². The van der Waals surface area contributed by atoms with Gasteiger partial charge in [-0.15, -0.1) is 0 Å². The molecule has 0 aromatic rings. The topological polar surface area (TPSA) is 61.4 Å². The second-order valence-electron chi connectivity index (χ2n) is 4.08. The normalized spacial score (nSPS) is 18.5. The molecule has 0 aromatic heterocycles. The van der Waals surface area contributed by atoms with E-state index < -0.39 is 5.97 Å². The Morgan fingerprint density at radius 2 is 2.27 bits per heavy atom. The maximum atomic E-state index is 10.7. The Labute approximate surface area is 95.2 Å². The van der Waals surface area contributed by atoms with Crippen LogP contribution in [0.1, 0.15) is 19.3 Å². The van der Waals surface area contributed by atoms with Crippen LogP contribution in [0.2, 0.25) is 0 Å². The summed E-state index contributed by atoms with van der Waals surface area (Å²) in [6.07, 6.45) is 4.66. The lowest BCUT2D eigenvalue weighted by Gasteiger charge is -2.42. The predicted molar refractivity (Wildman–Crippen MR) is 63.5 cm³/mol. The third-order valence-electron chi connectivity index (χ3n) is 2.69. The van der Waals surface area contributed by atoms with Crippen LogP contribution in [-0.4, -0.2) is 48.3 Å². The van der Waals surface area contributed by atoms with E-state index in [0.29, 0.717) is 0 Å². The molecule has 1 fully saturated rings. The number of hydrogen-bond donors (Lipinski definition) is 3. The van der Waals surface area contributed by atoms with Gasteiger partial charge in [-0.2, -0.15) is 11.8 Å². The highest BCUT2D eigenvalue weighted by atomic mass is 32.2. The minimum atomic E-state index is -0.715. The van der Waals surface area contributed by atoms with Crippen molar-refractivity contribution in [3.8, 4) is 0 Å². The molecule has 1 heterocycles.